The fourth-order valence-electron chi connectivity index (χ4n) is 3.77. The number of rotatable bonds is 9. The summed E-state index contributed by atoms with van der Waals surface area (Å²) in [6.07, 6.45) is -3.37. The molecule has 0 bridgehead atoms. The van der Waals surface area contributed by atoms with E-state index in [1.165, 1.54) is 44.4 Å². The summed E-state index contributed by atoms with van der Waals surface area (Å²) in [5.41, 5.74) is -0.132. The van der Waals surface area contributed by atoms with Gasteiger partial charge in [-0.2, -0.15) is 13.2 Å². The van der Waals surface area contributed by atoms with Gasteiger partial charge in [-0.05, 0) is 60.4 Å². The van der Waals surface area contributed by atoms with Crippen molar-refractivity contribution in [2.75, 3.05) is 13.2 Å². The second kappa shape index (κ2) is 11.5. The summed E-state index contributed by atoms with van der Waals surface area (Å²) in [6.45, 7) is 3.19. The van der Waals surface area contributed by atoms with Gasteiger partial charge >= 0.3 is 12.1 Å². The van der Waals surface area contributed by atoms with Crippen LogP contribution in [0.1, 0.15) is 36.8 Å². The van der Waals surface area contributed by atoms with Crippen molar-refractivity contribution >= 4 is 17.6 Å². The number of nitrogens with zero attached hydrogens (tertiary/aromatic N) is 1. The fourth-order valence-corrected chi connectivity index (χ4v) is 4.11. The van der Waals surface area contributed by atoms with Gasteiger partial charge in [-0.1, -0.05) is 30.7 Å². The molecule has 192 valence electrons. The Kier molecular flexibility index (Phi) is 8.68. The van der Waals surface area contributed by atoms with Crippen molar-refractivity contribution < 1.29 is 32.2 Å². The Balaban J connectivity index is 1.76. The van der Waals surface area contributed by atoms with Crippen LogP contribution < -0.4 is 15.0 Å². The minimum absolute atomic E-state index is 0.0289. The Morgan fingerprint density at radius 3 is 2.25 bits per heavy atom. The Labute approximate surface area is 211 Å². The van der Waals surface area contributed by atoms with E-state index in [9.17, 15) is 22.8 Å². The molecular formula is C26H25ClF3NO5. The molecular weight excluding hydrogens is 499 g/mol. The van der Waals surface area contributed by atoms with Crippen LogP contribution in [0.5, 0.6) is 17.2 Å². The van der Waals surface area contributed by atoms with E-state index >= 15 is 0 Å². The van der Waals surface area contributed by atoms with Crippen molar-refractivity contribution in [2.24, 2.45) is 7.05 Å². The number of aryl methyl sites for hydroxylation is 1. The molecule has 2 aromatic carbocycles. The Morgan fingerprint density at radius 2 is 1.67 bits per heavy atom. The van der Waals surface area contributed by atoms with Crippen LogP contribution in [0.2, 0.25) is 5.02 Å². The summed E-state index contributed by atoms with van der Waals surface area (Å²) in [7, 11) is 1.40. The molecule has 0 aliphatic heterocycles. The first-order valence-corrected chi connectivity index (χ1v) is 11.5. The molecule has 1 heterocycles. The lowest BCUT2D eigenvalue weighted by atomic mass is 9.82. The van der Waals surface area contributed by atoms with Crippen molar-refractivity contribution in [1.29, 1.82) is 0 Å². The van der Waals surface area contributed by atoms with Gasteiger partial charge in [0.25, 0.3) is 0 Å². The van der Waals surface area contributed by atoms with Gasteiger partial charge in [0.1, 0.15) is 17.2 Å². The quantitative estimate of drug-likeness (QED) is 0.311. The number of carbonyl (C=O) groups is 1. The molecule has 2 atom stereocenters. The van der Waals surface area contributed by atoms with E-state index in [1.54, 1.807) is 31.2 Å². The minimum atomic E-state index is -4.56. The third-order valence-electron chi connectivity index (χ3n) is 5.50. The number of benzene rings is 2. The predicted molar refractivity (Wildman–Crippen MR) is 129 cm³/mol. The number of ether oxygens (including phenoxy) is 3. The van der Waals surface area contributed by atoms with Crippen molar-refractivity contribution in [1.82, 2.24) is 4.57 Å². The summed E-state index contributed by atoms with van der Waals surface area (Å²) >= 11 is 6.38. The van der Waals surface area contributed by atoms with Crippen LogP contribution in [0.3, 0.4) is 0 Å². The third kappa shape index (κ3) is 6.81. The monoisotopic (exact) mass is 523 g/mol. The largest absolute Gasteiger partial charge is 0.482 e. The number of esters is 1. The fraction of sp³-hybridized carbons (Fsp3) is 0.308. The van der Waals surface area contributed by atoms with Gasteiger partial charge in [-0.25, -0.2) is 4.79 Å². The highest BCUT2D eigenvalue weighted by Crippen LogP contribution is 2.46. The molecule has 6 nitrogen and oxygen atoms in total. The molecule has 3 rings (SSSR count). The maximum absolute atomic E-state index is 14.1. The molecule has 0 amide bonds. The first kappa shape index (κ1) is 27.1. The molecule has 3 aromatic rings. The smallest absolute Gasteiger partial charge is 0.396 e. The number of alkyl halides is 3. The molecule has 36 heavy (non-hydrogen) atoms. The SMILES string of the molecule is CCOC(=O)COc1ccc(Oc2ccc([C@@H](C)[C@@H](c3ccc(=O)n(C)c3)C(F)(F)F)c(Cl)c2)cc1. The van der Waals surface area contributed by atoms with E-state index in [0.29, 0.717) is 22.8 Å². The normalized spacial score (nSPS) is 13.1. The van der Waals surface area contributed by atoms with Gasteiger partial charge in [0.05, 0.1) is 12.5 Å². The number of halogens is 4. The molecule has 0 saturated carbocycles. The van der Waals surface area contributed by atoms with E-state index < -0.39 is 29.5 Å². The second-order valence-electron chi connectivity index (χ2n) is 8.07. The van der Waals surface area contributed by atoms with Crippen LogP contribution in [-0.2, 0) is 16.6 Å². The summed E-state index contributed by atoms with van der Waals surface area (Å²) < 4.78 is 59.2. The van der Waals surface area contributed by atoms with Crippen molar-refractivity contribution in [2.45, 2.75) is 31.9 Å². The van der Waals surface area contributed by atoms with Crippen LogP contribution in [-0.4, -0.2) is 29.9 Å². The van der Waals surface area contributed by atoms with Crippen molar-refractivity contribution in [3.05, 3.63) is 87.3 Å². The van der Waals surface area contributed by atoms with Gasteiger partial charge in [0, 0.05) is 24.3 Å². The van der Waals surface area contributed by atoms with Crippen LogP contribution in [0.4, 0.5) is 13.2 Å². The highest BCUT2D eigenvalue weighted by molar-refractivity contribution is 6.31. The number of carbonyl (C=O) groups excluding carboxylic acids is 1. The van der Waals surface area contributed by atoms with E-state index in [2.05, 4.69) is 0 Å². The van der Waals surface area contributed by atoms with Crippen molar-refractivity contribution in [3.8, 4) is 17.2 Å². The topological polar surface area (TPSA) is 66.8 Å². The molecule has 0 fully saturated rings. The first-order chi connectivity index (χ1) is 17.0. The molecule has 0 aliphatic rings. The summed E-state index contributed by atoms with van der Waals surface area (Å²) in [5.74, 6) is -2.16. The summed E-state index contributed by atoms with van der Waals surface area (Å²) in [5, 5.41) is 0.119. The molecule has 10 heteroatoms. The van der Waals surface area contributed by atoms with E-state index in [1.807, 2.05) is 0 Å². The average molecular weight is 524 g/mol. The summed E-state index contributed by atoms with van der Waals surface area (Å²) in [4.78, 5) is 23.0. The molecule has 0 unspecified atom stereocenters. The maximum atomic E-state index is 14.1. The Bertz CT molecular complexity index is 1260. The van der Waals surface area contributed by atoms with Gasteiger partial charge in [0.15, 0.2) is 6.61 Å². The molecule has 0 saturated heterocycles. The standard InChI is InChI=1S/C26H25ClF3NO5/c1-4-34-24(33)15-35-18-6-8-19(9-7-18)36-20-10-11-21(22(27)13-20)16(2)25(26(28,29)30)17-5-12-23(32)31(3)14-17/h5-14,16,25H,4,15H2,1-3H3/t16-,25+/m1/s1. The lowest BCUT2D eigenvalue weighted by molar-refractivity contribution is -0.155. The van der Waals surface area contributed by atoms with E-state index in [4.69, 9.17) is 25.8 Å². The van der Waals surface area contributed by atoms with E-state index in [0.717, 1.165) is 10.6 Å². The number of pyridine rings is 1. The zero-order valence-electron chi connectivity index (χ0n) is 19.8. The Morgan fingerprint density at radius 1 is 1.03 bits per heavy atom. The lowest BCUT2D eigenvalue weighted by Gasteiger charge is -2.28. The highest BCUT2D eigenvalue weighted by Gasteiger charge is 2.45. The summed E-state index contributed by atoms with van der Waals surface area (Å²) in [6, 6.07) is 13.2. The highest BCUT2D eigenvalue weighted by atomic mass is 35.5. The Hall–Kier alpha value is -3.46. The van der Waals surface area contributed by atoms with Gasteiger partial charge in [0.2, 0.25) is 5.56 Å². The van der Waals surface area contributed by atoms with Gasteiger partial charge in [-0.3, -0.25) is 4.79 Å². The lowest BCUT2D eigenvalue weighted by Crippen LogP contribution is -2.28. The molecule has 0 spiro atoms. The molecule has 0 aliphatic carbocycles. The molecule has 0 radical (unpaired) electrons. The van der Waals surface area contributed by atoms with Crippen molar-refractivity contribution in [3.63, 3.8) is 0 Å². The predicted octanol–water partition coefficient (Wildman–Crippen LogP) is 6.22. The molecule has 1 aromatic heterocycles. The molecule has 0 N–H and O–H groups in total. The number of hydrogen-bond acceptors (Lipinski definition) is 5. The third-order valence-corrected chi connectivity index (χ3v) is 5.83. The van der Waals surface area contributed by atoms with Crippen LogP contribution in [0.25, 0.3) is 0 Å². The number of hydrogen-bond donors (Lipinski definition) is 0. The van der Waals surface area contributed by atoms with Gasteiger partial charge < -0.3 is 18.8 Å². The zero-order valence-corrected chi connectivity index (χ0v) is 20.6. The zero-order chi connectivity index (χ0) is 26.5. The van der Waals surface area contributed by atoms with E-state index in [-0.39, 0.29) is 23.8 Å². The minimum Gasteiger partial charge on any atom is -0.482 e. The van der Waals surface area contributed by atoms with Crippen LogP contribution in [0.15, 0.2) is 65.6 Å². The van der Waals surface area contributed by atoms with Gasteiger partial charge in [-0.15, -0.1) is 0 Å². The number of aromatic nitrogens is 1. The second-order valence-corrected chi connectivity index (χ2v) is 8.48. The average Bonchev–Trinajstić information content (AvgIpc) is 2.80. The maximum Gasteiger partial charge on any atom is 0.396 e. The first-order valence-electron chi connectivity index (χ1n) is 11.1. The van der Waals surface area contributed by atoms with Crippen LogP contribution >= 0.6 is 11.6 Å². The van der Waals surface area contributed by atoms with Crippen LogP contribution in [0, 0.1) is 0 Å².